The van der Waals surface area contributed by atoms with Crippen LogP contribution >= 0.6 is 11.3 Å². The zero-order valence-corrected chi connectivity index (χ0v) is 28.2. The molecule has 0 spiro atoms. The maximum atomic E-state index is 13.9. The van der Waals surface area contributed by atoms with Gasteiger partial charge in [-0.1, -0.05) is 49.3 Å². The Morgan fingerprint density at radius 1 is 1.17 bits per heavy atom. The minimum Gasteiger partial charge on any atom is -0.488 e. The van der Waals surface area contributed by atoms with Crippen molar-refractivity contribution >= 4 is 44.2 Å². The fraction of sp³-hybridized carbons (Fsp3) is 0.419. The predicted molar refractivity (Wildman–Crippen MR) is 174 cm³/mol. The normalized spacial score (nSPS) is 17.3. The first-order valence-electron chi connectivity index (χ1n) is 15.2. The van der Waals surface area contributed by atoms with Crippen molar-refractivity contribution in [2.24, 2.45) is 5.41 Å². The van der Waals surface area contributed by atoms with Crippen molar-refractivity contribution in [1.29, 1.82) is 0 Å². The third-order valence-corrected chi connectivity index (χ3v) is 11.8. The van der Waals surface area contributed by atoms with Crippen LogP contribution in [0.5, 0.6) is 5.75 Å². The molecule has 0 bridgehead atoms. The average molecular weight is 664 g/mol. The molecule has 0 aliphatic carbocycles. The van der Waals surface area contributed by atoms with Crippen LogP contribution in [0, 0.1) is 19.3 Å². The van der Waals surface area contributed by atoms with Gasteiger partial charge in [-0.05, 0) is 73.4 Å². The molecule has 0 saturated carbocycles. The molecule has 1 amide bonds. The first-order valence-corrected chi connectivity index (χ1v) is 17.4. The van der Waals surface area contributed by atoms with Gasteiger partial charge >= 0.3 is 0 Å². The van der Waals surface area contributed by atoms with E-state index >= 15 is 0 Å². The van der Waals surface area contributed by atoms with E-state index in [1.807, 2.05) is 64.4 Å². The SMILES string of the molecule is CC[C@@H]1CN(Cc2cc([C@@H](c3ccc4c(nnn4CC)c3C)C(C)(C)C(=O)Nc3nn[nH]n3)sc2C)S(=O)(=O)c2ccccc2O1. The summed E-state index contributed by atoms with van der Waals surface area (Å²) in [7, 11) is -3.83. The van der Waals surface area contributed by atoms with E-state index in [1.54, 1.807) is 35.6 Å². The van der Waals surface area contributed by atoms with Gasteiger partial charge in [-0.3, -0.25) is 10.1 Å². The maximum Gasteiger partial charge on any atom is 0.269 e. The number of carbonyl (C=O) groups is 1. The van der Waals surface area contributed by atoms with Crippen LogP contribution < -0.4 is 10.1 Å². The average Bonchev–Trinajstić information content (AvgIpc) is 3.77. The number of benzene rings is 2. The number of sulfonamides is 1. The van der Waals surface area contributed by atoms with Gasteiger partial charge in [-0.25, -0.2) is 13.1 Å². The molecular weight excluding hydrogens is 627 g/mol. The van der Waals surface area contributed by atoms with Crippen LogP contribution in [0.4, 0.5) is 5.95 Å². The molecule has 0 radical (unpaired) electrons. The van der Waals surface area contributed by atoms with Crippen molar-refractivity contribution in [3.8, 4) is 5.75 Å². The minimum absolute atomic E-state index is 0.0808. The molecule has 3 aromatic heterocycles. The number of nitrogens with one attached hydrogen (secondary N) is 2. The highest BCUT2D eigenvalue weighted by Crippen LogP contribution is 2.47. The van der Waals surface area contributed by atoms with Crippen LogP contribution in [0.1, 0.15) is 66.5 Å². The van der Waals surface area contributed by atoms with Crippen LogP contribution in [0.25, 0.3) is 11.0 Å². The number of ether oxygens (including phenoxy) is 1. The summed E-state index contributed by atoms with van der Waals surface area (Å²) in [6.07, 6.45) is 0.368. The molecule has 13 nitrogen and oxygen atoms in total. The van der Waals surface area contributed by atoms with Crippen LogP contribution in [0.15, 0.2) is 47.4 Å². The number of tetrazole rings is 1. The molecule has 15 heteroatoms. The lowest BCUT2D eigenvalue weighted by atomic mass is 9.72. The van der Waals surface area contributed by atoms with E-state index in [-0.39, 0.29) is 35.9 Å². The molecule has 4 heterocycles. The quantitative estimate of drug-likeness (QED) is 0.226. The second-order valence-electron chi connectivity index (χ2n) is 12.0. The van der Waals surface area contributed by atoms with Crippen molar-refractivity contribution in [2.45, 2.75) is 78.0 Å². The van der Waals surface area contributed by atoms with E-state index in [0.717, 1.165) is 37.5 Å². The molecule has 1 aliphatic rings. The van der Waals surface area contributed by atoms with Crippen molar-refractivity contribution in [3.05, 3.63) is 68.9 Å². The number of rotatable bonds is 9. The van der Waals surface area contributed by atoms with Crippen molar-refractivity contribution < 1.29 is 17.9 Å². The fourth-order valence-electron chi connectivity index (χ4n) is 6.07. The van der Waals surface area contributed by atoms with Crippen LogP contribution in [-0.2, 0) is 27.9 Å². The number of aromatic nitrogens is 7. The van der Waals surface area contributed by atoms with Crippen LogP contribution in [0.2, 0.25) is 0 Å². The second-order valence-corrected chi connectivity index (χ2v) is 15.2. The Morgan fingerprint density at radius 3 is 2.67 bits per heavy atom. The number of hydrogen-bond acceptors (Lipinski definition) is 10. The first-order chi connectivity index (χ1) is 21.9. The van der Waals surface area contributed by atoms with Crippen molar-refractivity contribution in [1.82, 2.24) is 39.9 Å². The number of aromatic amines is 1. The Morgan fingerprint density at radius 2 is 1.96 bits per heavy atom. The highest BCUT2D eigenvalue weighted by atomic mass is 32.2. The number of fused-ring (bicyclic) bond motifs is 2. The van der Waals surface area contributed by atoms with Crippen molar-refractivity contribution in [2.75, 3.05) is 11.9 Å². The number of H-pyrrole nitrogens is 1. The molecule has 2 atom stereocenters. The highest BCUT2D eigenvalue weighted by molar-refractivity contribution is 7.89. The van der Waals surface area contributed by atoms with Gasteiger partial charge in [0.1, 0.15) is 22.3 Å². The fourth-order valence-corrected chi connectivity index (χ4v) is 8.99. The molecule has 2 N–H and O–H groups in total. The highest BCUT2D eigenvalue weighted by Gasteiger charge is 2.42. The largest absolute Gasteiger partial charge is 0.488 e. The topological polar surface area (TPSA) is 161 Å². The zero-order chi connectivity index (χ0) is 32.8. The van der Waals surface area contributed by atoms with Crippen molar-refractivity contribution in [3.63, 3.8) is 0 Å². The first kappa shape index (κ1) is 31.8. The van der Waals surface area contributed by atoms with Crippen LogP contribution in [0.3, 0.4) is 0 Å². The van der Waals surface area contributed by atoms with Crippen LogP contribution in [-0.4, -0.2) is 66.9 Å². The lowest BCUT2D eigenvalue weighted by Crippen LogP contribution is -2.37. The summed E-state index contributed by atoms with van der Waals surface area (Å²) >= 11 is 1.56. The summed E-state index contributed by atoms with van der Waals surface area (Å²) in [5.41, 5.74) is 3.39. The Kier molecular flexibility index (Phi) is 8.42. The number of aryl methyl sites for hydroxylation is 3. The summed E-state index contributed by atoms with van der Waals surface area (Å²) in [6, 6.07) is 12.9. The number of amides is 1. The number of carbonyl (C=O) groups excluding carboxylic acids is 1. The minimum atomic E-state index is -3.83. The molecule has 2 aromatic carbocycles. The number of thiophene rings is 1. The van der Waals surface area contributed by atoms with E-state index in [0.29, 0.717) is 18.7 Å². The molecule has 5 aromatic rings. The van der Waals surface area contributed by atoms with E-state index in [9.17, 15) is 13.2 Å². The van der Waals surface area contributed by atoms with E-state index in [1.165, 1.54) is 4.31 Å². The third kappa shape index (κ3) is 5.56. The van der Waals surface area contributed by atoms with Gasteiger partial charge in [0.15, 0.2) is 0 Å². The molecule has 0 saturated heterocycles. The van der Waals surface area contributed by atoms with Gasteiger partial charge in [-0.15, -0.1) is 21.5 Å². The Balaban J connectivity index is 1.43. The van der Waals surface area contributed by atoms with Gasteiger partial charge in [0.2, 0.25) is 15.9 Å². The summed E-state index contributed by atoms with van der Waals surface area (Å²) in [6.45, 7) is 12.8. The number of hydrogen-bond donors (Lipinski definition) is 2. The van der Waals surface area contributed by atoms with Gasteiger partial charge in [0.05, 0.1) is 17.5 Å². The predicted octanol–water partition coefficient (Wildman–Crippen LogP) is 4.80. The number of anilines is 1. The summed E-state index contributed by atoms with van der Waals surface area (Å²) < 4.78 is 37.3. The molecule has 0 fully saturated rings. The number of para-hydroxylation sites is 1. The van der Waals surface area contributed by atoms with Gasteiger partial charge in [0.25, 0.3) is 5.95 Å². The van der Waals surface area contributed by atoms with Gasteiger partial charge in [-0.2, -0.15) is 9.52 Å². The molecule has 6 rings (SSSR count). The van der Waals surface area contributed by atoms with E-state index in [2.05, 4.69) is 36.3 Å². The second kappa shape index (κ2) is 12.2. The third-order valence-electron chi connectivity index (χ3n) is 8.76. The lowest BCUT2D eigenvalue weighted by Gasteiger charge is -2.33. The molecule has 1 aliphatic heterocycles. The number of nitrogens with zero attached hydrogens (tertiary/aromatic N) is 7. The Hall–Kier alpha value is -4.21. The summed E-state index contributed by atoms with van der Waals surface area (Å²) in [5.74, 6) is -0.267. The molecular formula is C31H37N9O4S2. The molecule has 242 valence electrons. The summed E-state index contributed by atoms with van der Waals surface area (Å²) in [4.78, 5) is 16.0. The standard InChI is InChI=1S/C31H37N9O4S2/c1-7-21-17-39(46(42,43)26-12-10-9-11-24(26)44-21)16-20-15-25(45-19(20)4)27(31(5,6)29(41)32-30-34-36-37-35-30)22-13-14-23-28(18(22)3)33-38-40(23)8-2/h9-15,21,27H,7-8,16-17H2,1-6H3,(H2,32,34,35,36,37,41)/t21-,27-/m1/s1. The monoisotopic (exact) mass is 663 g/mol. The van der Waals surface area contributed by atoms with E-state index in [4.69, 9.17) is 4.74 Å². The van der Waals surface area contributed by atoms with E-state index < -0.39 is 21.4 Å². The summed E-state index contributed by atoms with van der Waals surface area (Å²) in [5, 5.41) is 25.3. The Labute approximate surface area is 271 Å². The maximum absolute atomic E-state index is 13.9. The lowest BCUT2D eigenvalue weighted by molar-refractivity contribution is -0.124. The molecule has 0 unspecified atom stereocenters. The smallest absolute Gasteiger partial charge is 0.269 e. The Bertz CT molecular complexity index is 2000. The van der Waals surface area contributed by atoms with Gasteiger partial charge in [0, 0.05) is 28.8 Å². The molecule has 46 heavy (non-hydrogen) atoms. The zero-order valence-electron chi connectivity index (χ0n) is 26.6. The van der Waals surface area contributed by atoms with Gasteiger partial charge < -0.3 is 4.74 Å².